The van der Waals surface area contributed by atoms with E-state index in [1.807, 2.05) is 20.0 Å². The van der Waals surface area contributed by atoms with Crippen LogP contribution >= 0.6 is 0 Å². The van der Waals surface area contributed by atoms with Crippen molar-refractivity contribution < 1.29 is 13.2 Å². The number of alkyl halides is 3. The average molecular weight is 457 g/mol. The van der Waals surface area contributed by atoms with E-state index in [0.717, 1.165) is 42.8 Å². The van der Waals surface area contributed by atoms with Crippen LogP contribution in [0.3, 0.4) is 0 Å². The van der Waals surface area contributed by atoms with E-state index < -0.39 is 11.7 Å². The van der Waals surface area contributed by atoms with Gasteiger partial charge in [-0.05, 0) is 43.9 Å². The molecular formula is C24H27F3N6. The molecule has 0 radical (unpaired) electrons. The maximum atomic E-state index is 12.9. The molecule has 33 heavy (non-hydrogen) atoms. The lowest BCUT2D eigenvalue weighted by Crippen LogP contribution is -2.35. The van der Waals surface area contributed by atoms with Crippen molar-refractivity contribution in [1.82, 2.24) is 15.6 Å². The predicted molar refractivity (Wildman–Crippen MR) is 123 cm³/mol. The van der Waals surface area contributed by atoms with Crippen LogP contribution in [-0.4, -0.2) is 22.2 Å². The number of allylic oxidation sites excluding steroid dienone is 1. The summed E-state index contributed by atoms with van der Waals surface area (Å²) in [5.74, 6) is 1.39. The summed E-state index contributed by atoms with van der Waals surface area (Å²) in [6.07, 6.45) is 2.13. The van der Waals surface area contributed by atoms with Crippen LogP contribution in [0.5, 0.6) is 0 Å². The third kappa shape index (κ3) is 5.23. The molecule has 1 aromatic rings. The van der Waals surface area contributed by atoms with Crippen molar-refractivity contribution in [2.45, 2.75) is 58.2 Å². The molecule has 0 amide bonds. The van der Waals surface area contributed by atoms with Crippen LogP contribution in [0.1, 0.15) is 63.3 Å². The second kappa shape index (κ2) is 8.96. The van der Waals surface area contributed by atoms with Crippen molar-refractivity contribution in [3.05, 3.63) is 65.0 Å². The van der Waals surface area contributed by atoms with E-state index in [-0.39, 0.29) is 12.0 Å². The van der Waals surface area contributed by atoms with Crippen LogP contribution in [0.15, 0.2) is 63.8 Å². The lowest BCUT2D eigenvalue weighted by atomic mass is 10.00. The molecule has 0 aromatic carbocycles. The van der Waals surface area contributed by atoms with Gasteiger partial charge in [0.15, 0.2) is 0 Å². The van der Waals surface area contributed by atoms with Crippen LogP contribution < -0.4 is 10.6 Å². The van der Waals surface area contributed by atoms with Gasteiger partial charge in [0.05, 0.1) is 22.9 Å². The van der Waals surface area contributed by atoms with Gasteiger partial charge in [-0.2, -0.15) is 13.2 Å². The maximum Gasteiger partial charge on any atom is 0.417 e. The number of pyridine rings is 1. The Hall–Kier alpha value is -3.23. The Labute approximate surface area is 191 Å². The molecule has 1 aliphatic carbocycles. The van der Waals surface area contributed by atoms with E-state index in [1.54, 1.807) is 0 Å². The highest BCUT2D eigenvalue weighted by Crippen LogP contribution is 2.36. The number of nitrogens with zero attached hydrogens (tertiary/aromatic N) is 3. The Kier molecular flexibility index (Phi) is 6.23. The molecule has 1 aromatic heterocycles. The molecular weight excluding hydrogens is 429 g/mol. The number of hydrogen-bond acceptors (Lipinski definition) is 6. The fourth-order valence-corrected chi connectivity index (χ4v) is 3.93. The quantitative estimate of drug-likeness (QED) is 0.456. The predicted octanol–water partition coefficient (Wildman–Crippen LogP) is 5.44. The second-order valence-corrected chi connectivity index (χ2v) is 8.65. The largest absolute Gasteiger partial charge is 0.417 e. The van der Waals surface area contributed by atoms with Crippen LogP contribution in [-0.2, 0) is 6.18 Å². The molecule has 9 heteroatoms. The average Bonchev–Trinajstić information content (AvgIpc) is 3.53. The summed E-state index contributed by atoms with van der Waals surface area (Å²) in [7, 11) is 0. The molecule has 6 nitrogen and oxygen atoms in total. The molecule has 4 rings (SSSR count). The first kappa shape index (κ1) is 22.9. The van der Waals surface area contributed by atoms with E-state index in [2.05, 4.69) is 27.2 Å². The number of nitrogens with one attached hydrogen (secondary N) is 3. The van der Waals surface area contributed by atoms with Gasteiger partial charge in [0.25, 0.3) is 0 Å². The van der Waals surface area contributed by atoms with Crippen molar-refractivity contribution in [3.8, 4) is 0 Å². The molecule has 0 bridgehead atoms. The molecule has 0 saturated heterocycles. The first-order valence-electron chi connectivity index (χ1n) is 11.0. The third-order valence-electron chi connectivity index (χ3n) is 5.87. The molecule has 2 aliphatic heterocycles. The Bertz CT molecular complexity index is 1090. The summed E-state index contributed by atoms with van der Waals surface area (Å²) >= 11 is 0. The van der Waals surface area contributed by atoms with Gasteiger partial charge in [0, 0.05) is 48.3 Å². The standard InChI is InChI=1S/C24H27F3N6/c1-4-18(19-8-7-17(12-30-19)24(25,26)27)32-23-21(22(28)16-5-6-16)14(3)31-20(33-23)10-15-9-13(2)29-11-15/h7-8,11-12,16,18,28,32H,3-6,9-10H2,1-2H3,(H,31,33). The lowest BCUT2D eigenvalue weighted by Gasteiger charge is -2.27. The summed E-state index contributed by atoms with van der Waals surface area (Å²) in [5, 5.41) is 15.2. The van der Waals surface area contributed by atoms with Gasteiger partial charge in [-0.25, -0.2) is 4.99 Å². The molecule has 1 fully saturated rings. The van der Waals surface area contributed by atoms with Gasteiger partial charge in [-0.1, -0.05) is 13.5 Å². The minimum atomic E-state index is -4.43. The van der Waals surface area contributed by atoms with Crippen LogP contribution in [0.4, 0.5) is 13.2 Å². The number of halogens is 3. The molecule has 1 atom stereocenters. The van der Waals surface area contributed by atoms with Gasteiger partial charge in [0.2, 0.25) is 0 Å². The monoisotopic (exact) mass is 456 g/mol. The van der Waals surface area contributed by atoms with Crippen LogP contribution in [0, 0.1) is 11.3 Å². The number of aliphatic imine (C=N–C) groups is 2. The van der Waals surface area contributed by atoms with E-state index in [4.69, 9.17) is 10.4 Å². The second-order valence-electron chi connectivity index (χ2n) is 8.65. The minimum absolute atomic E-state index is 0.185. The van der Waals surface area contributed by atoms with Gasteiger partial charge in [-0.3, -0.25) is 9.98 Å². The Balaban J connectivity index is 1.62. The number of aromatic nitrogens is 1. The molecule has 174 valence electrons. The number of hydrogen-bond donors (Lipinski definition) is 3. The summed E-state index contributed by atoms with van der Waals surface area (Å²) < 4.78 is 38.8. The highest BCUT2D eigenvalue weighted by atomic mass is 19.4. The Morgan fingerprint density at radius 3 is 2.64 bits per heavy atom. The Morgan fingerprint density at radius 1 is 1.33 bits per heavy atom. The molecule has 1 unspecified atom stereocenters. The molecule has 3 N–H and O–H groups in total. The van der Waals surface area contributed by atoms with Gasteiger partial charge in [0.1, 0.15) is 11.7 Å². The van der Waals surface area contributed by atoms with Crippen molar-refractivity contribution in [1.29, 1.82) is 5.41 Å². The molecule has 3 heterocycles. The zero-order valence-electron chi connectivity index (χ0n) is 18.7. The molecule has 1 saturated carbocycles. The first-order chi connectivity index (χ1) is 15.7. The van der Waals surface area contributed by atoms with E-state index >= 15 is 0 Å². The van der Waals surface area contributed by atoms with Crippen LogP contribution in [0.25, 0.3) is 0 Å². The van der Waals surface area contributed by atoms with E-state index in [1.165, 1.54) is 6.07 Å². The highest BCUT2D eigenvalue weighted by Gasteiger charge is 2.34. The van der Waals surface area contributed by atoms with Gasteiger partial charge in [-0.15, -0.1) is 0 Å². The summed E-state index contributed by atoms with van der Waals surface area (Å²) in [5.41, 5.74) is 3.58. The smallest absolute Gasteiger partial charge is 0.361 e. The number of rotatable bonds is 8. The maximum absolute atomic E-state index is 12.9. The molecule has 0 spiro atoms. The Morgan fingerprint density at radius 2 is 2.09 bits per heavy atom. The zero-order chi connectivity index (χ0) is 23.8. The highest BCUT2D eigenvalue weighted by molar-refractivity contribution is 6.07. The summed E-state index contributed by atoms with van der Waals surface area (Å²) in [6.45, 7) is 8.04. The van der Waals surface area contributed by atoms with Crippen LogP contribution in [0.2, 0.25) is 0 Å². The normalized spacial score (nSPS) is 19.5. The lowest BCUT2D eigenvalue weighted by molar-refractivity contribution is -0.137. The van der Waals surface area contributed by atoms with Crippen molar-refractivity contribution in [3.63, 3.8) is 0 Å². The fraction of sp³-hybridized carbons (Fsp3) is 0.417. The summed E-state index contributed by atoms with van der Waals surface area (Å²) in [4.78, 5) is 13.2. The van der Waals surface area contributed by atoms with Crippen molar-refractivity contribution >= 4 is 17.3 Å². The first-order valence-corrected chi connectivity index (χ1v) is 11.0. The minimum Gasteiger partial charge on any atom is -0.361 e. The third-order valence-corrected chi connectivity index (χ3v) is 5.87. The zero-order valence-corrected chi connectivity index (χ0v) is 18.7. The van der Waals surface area contributed by atoms with E-state index in [9.17, 15) is 13.2 Å². The summed E-state index contributed by atoms with van der Waals surface area (Å²) in [6, 6.07) is 2.07. The van der Waals surface area contributed by atoms with Crippen molar-refractivity contribution in [2.24, 2.45) is 15.9 Å². The molecule has 3 aliphatic rings. The topological polar surface area (TPSA) is 85.5 Å². The number of amidine groups is 1. The van der Waals surface area contributed by atoms with Gasteiger partial charge >= 0.3 is 6.18 Å². The van der Waals surface area contributed by atoms with Crippen molar-refractivity contribution in [2.75, 3.05) is 0 Å². The van der Waals surface area contributed by atoms with Gasteiger partial charge < -0.3 is 16.0 Å². The van der Waals surface area contributed by atoms with E-state index in [0.29, 0.717) is 47.2 Å². The SMILES string of the molecule is C=C1NC(CC2=CN=C(C)C2)=NC(NC(CC)c2ccc(C(F)(F)F)cn2)=C1C(=N)C1CC1. The fourth-order valence-electron chi connectivity index (χ4n) is 3.93.